The first-order valence-corrected chi connectivity index (χ1v) is 18.1. The molecular formula is C38H44FN5O3S. The molecular weight excluding hydrogens is 626 g/mol. The standard InChI is InChI=1S/C38H44FN5O3S/c1-38(2)15-31-29-8-11-44(37(46)36(29)48-34(31)16-38)33-14-26(39)13-30(32(33)20-45)25-12-27(19-42(3)18-25)41-35-5-4-24(17-40-35)23-6-9-43(10-7-23)28-21-47-22-28/h4-5,12-14,17,23,28,45H,6-11,15-16,18-22H2,1-3H3. The number of aliphatic imine (C=N–C) groups is 1. The van der Waals surface area contributed by atoms with Crippen molar-refractivity contribution < 1.29 is 19.0 Å². The monoisotopic (exact) mass is 669 g/mol. The van der Waals surface area contributed by atoms with Gasteiger partial charge in [-0.1, -0.05) is 19.9 Å². The van der Waals surface area contributed by atoms with Crippen LogP contribution in [0.1, 0.15) is 75.0 Å². The third-order valence-electron chi connectivity index (χ3n) is 10.9. The van der Waals surface area contributed by atoms with Crippen LogP contribution in [-0.4, -0.2) is 90.5 Å². The second-order valence-electron chi connectivity index (χ2n) is 15.0. The topological polar surface area (TPSA) is 81.5 Å². The van der Waals surface area contributed by atoms with Gasteiger partial charge < -0.3 is 14.7 Å². The summed E-state index contributed by atoms with van der Waals surface area (Å²) >= 11 is 1.60. The molecule has 0 saturated carbocycles. The molecule has 1 aromatic carbocycles. The molecule has 8 rings (SSSR count). The molecule has 0 bridgehead atoms. The summed E-state index contributed by atoms with van der Waals surface area (Å²) in [6.45, 7) is 9.84. The molecule has 252 valence electrons. The summed E-state index contributed by atoms with van der Waals surface area (Å²) in [5.41, 5.74) is 7.32. The first-order valence-electron chi connectivity index (χ1n) is 17.3. The van der Waals surface area contributed by atoms with Gasteiger partial charge in [0.15, 0.2) is 5.82 Å². The van der Waals surface area contributed by atoms with Crippen LogP contribution in [0.4, 0.5) is 15.9 Å². The number of ether oxygens (including phenoxy) is 1. The van der Waals surface area contributed by atoms with Crippen LogP contribution < -0.4 is 4.90 Å². The van der Waals surface area contributed by atoms with E-state index in [2.05, 4.69) is 29.7 Å². The Hall–Kier alpha value is -3.28. The number of hydrogen-bond acceptors (Lipinski definition) is 8. The van der Waals surface area contributed by atoms with Crippen molar-refractivity contribution in [3.8, 4) is 0 Å². The van der Waals surface area contributed by atoms with Gasteiger partial charge in [-0.3, -0.25) is 14.6 Å². The van der Waals surface area contributed by atoms with Crippen LogP contribution in [0.5, 0.6) is 0 Å². The highest BCUT2D eigenvalue weighted by Crippen LogP contribution is 2.46. The van der Waals surface area contributed by atoms with Crippen LogP contribution in [0.15, 0.2) is 41.5 Å². The summed E-state index contributed by atoms with van der Waals surface area (Å²) in [5, 5.41) is 10.7. The van der Waals surface area contributed by atoms with Crippen LogP contribution in [-0.2, 0) is 30.6 Å². The molecule has 48 heavy (non-hydrogen) atoms. The third-order valence-corrected chi connectivity index (χ3v) is 12.1. The van der Waals surface area contributed by atoms with Crippen LogP contribution in [0.3, 0.4) is 0 Å². The smallest absolute Gasteiger partial charge is 0.268 e. The summed E-state index contributed by atoms with van der Waals surface area (Å²) in [4.78, 5) is 32.0. The molecule has 8 nitrogen and oxygen atoms in total. The highest BCUT2D eigenvalue weighted by Gasteiger charge is 2.39. The molecule has 0 atom stereocenters. The Morgan fingerprint density at radius 3 is 2.62 bits per heavy atom. The molecule has 1 aliphatic carbocycles. The Morgan fingerprint density at radius 1 is 1.10 bits per heavy atom. The Kier molecular flexibility index (Phi) is 8.36. The van der Waals surface area contributed by atoms with E-state index < -0.39 is 5.82 Å². The van der Waals surface area contributed by atoms with Crippen molar-refractivity contribution in [1.82, 2.24) is 14.8 Å². The maximum Gasteiger partial charge on any atom is 0.268 e. The minimum absolute atomic E-state index is 0.0928. The molecule has 2 aromatic heterocycles. The number of anilines is 1. The summed E-state index contributed by atoms with van der Waals surface area (Å²) < 4.78 is 20.8. The first kappa shape index (κ1) is 32.0. The Balaban J connectivity index is 1.04. The van der Waals surface area contributed by atoms with Crippen molar-refractivity contribution in [3.05, 3.63) is 79.9 Å². The molecule has 6 heterocycles. The SMILES string of the molecule is CN1CC(c2cc(F)cc(N3CCc4c(sc5c4CC(C)(C)C5)C3=O)c2CO)=CC(=Nc2ccc(C3CCN(C4COC4)CC3)cn2)C1. The van der Waals surface area contributed by atoms with E-state index in [4.69, 9.17) is 14.7 Å². The highest BCUT2D eigenvalue weighted by molar-refractivity contribution is 7.14. The second kappa shape index (κ2) is 12.6. The molecule has 4 aliphatic heterocycles. The zero-order valence-electron chi connectivity index (χ0n) is 28.1. The number of pyridine rings is 1. The van der Waals surface area contributed by atoms with Crippen LogP contribution in [0, 0.1) is 11.2 Å². The largest absolute Gasteiger partial charge is 0.392 e. The van der Waals surface area contributed by atoms with E-state index in [1.54, 1.807) is 16.2 Å². The van der Waals surface area contributed by atoms with Crippen molar-refractivity contribution in [2.45, 2.75) is 64.5 Å². The second-order valence-corrected chi connectivity index (χ2v) is 16.1. The number of fused-ring (bicyclic) bond motifs is 3. The number of aliphatic hydroxyl groups is 1. The Labute approximate surface area is 285 Å². The lowest BCUT2D eigenvalue weighted by molar-refractivity contribution is -0.0712. The molecule has 0 spiro atoms. The maximum absolute atomic E-state index is 15.4. The van der Waals surface area contributed by atoms with Crippen LogP contribution in [0.25, 0.3) is 5.57 Å². The summed E-state index contributed by atoms with van der Waals surface area (Å²) in [7, 11) is 2.01. The fraction of sp³-hybridized carbons (Fsp3) is 0.500. The molecule has 10 heteroatoms. The zero-order valence-corrected chi connectivity index (χ0v) is 28.9. The van der Waals surface area contributed by atoms with E-state index in [1.165, 1.54) is 33.7 Å². The minimum atomic E-state index is -0.428. The lowest BCUT2D eigenvalue weighted by Gasteiger charge is -2.41. The first-order chi connectivity index (χ1) is 23.2. The molecule has 5 aliphatic rings. The van der Waals surface area contributed by atoms with E-state index in [9.17, 15) is 9.90 Å². The van der Waals surface area contributed by atoms with E-state index in [1.807, 2.05) is 25.4 Å². The Bertz CT molecular complexity index is 1800. The molecule has 0 unspecified atom stereocenters. The van der Waals surface area contributed by atoms with Crippen molar-refractivity contribution in [2.24, 2.45) is 10.4 Å². The quantitative estimate of drug-likeness (QED) is 0.359. The van der Waals surface area contributed by atoms with Gasteiger partial charge in [0.2, 0.25) is 0 Å². The van der Waals surface area contributed by atoms with Crippen molar-refractivity contribution >= 4 is 40.0 Å². The lowest BCUT2D eigenvalue weighted by atomic mass is 9.89. The fourth-order valence-electron chi connectivity index (χ4n) is 8.34. The summed E-state index contributed by atoms with van der Waals surface area (Å²) in [5.74, 6) is 0.633. The fourth-order valence-corrected chi connectivity index (χ4v) is 9.91. The van der Waals surface area contributed by atoms with Gasteiger partial charge in [-0.2, -0.15) is 0 Å². The summed E-state index contributed by atoms with van der Waals surface area (Å²) in [6, 6.07) is 7.63. The molecule has 1 amide bonds. The number of aliphatic hydroxyl groups excluding tert-OH is 1. The van der Waals surface area contributed by atoms with E-state index in [0.29, 0.717) is 54.2 Å². The average Bonchev–Trinajstić information content (AvgIpc) is 3.52. The molecule has 3 aromatic rings. The Morgan fingerprint density at radius 2 is 1.92 bits per heavy atom. The van der Waals surface area contributed by atoms with E-state index >= 15 is 4.39 Å². The van der Waals surface area contributed by atoms with Crippen molar-refractivity contribution in [2.75, 3.05) is 57.9 Å². The zero-order chi connectivity index (χ0) is 33.2. The van der Waals surface area contributed by atoms with Gasteiger partial charge >= 0.3 is 0 Å². The van der Waals surface area contributed by atoms with E-state index in [-0.39, 0.29) is 17.9 Å². The number of halogens is 1. The number of likely N-dealkylation sites (tertiary alicyclic amines) is 1. The van der Waals surface area contributed by atoms with Crippen LogP contribution in [0.2, 0.25) is 0 Å². The molecule has 2 saturated heterocycles. The minimum Gasteiger partial charge on any atom is -0.392 e. The number of benzene rings is 1. The molecule has 1 N–H and O–H groups in total. The van der Waals surface area contributed by atoms with Crippen molar-refractivity contribution in [1.29, 1.82) is 0 Å². The van der Waals surface area contributed by atoms with Gasteiger partial charge in [0.1, 0.15) is 5.82 Å². The number of piperidine rings is 1. The average molecular weight is 670 g/mol. The van der Waals surface area contributed by atoms with Gasteiger partial charge in [0.25, 0.3) is 5.91 Å². The number of nitrogens with zero attached hydrogens (tertiary/aromatic N) is 5. The van der Waals surface area contributed by atoms with Gasteiger partial charge in [-0.05, 0) is 116 Å². The maximum atomic E-state index is 15.4. The highest BCUT2D eigenvalue weighted by atomic mass is 32.1. The number of carbonyl (C=O) groups is 1. The molecule has 0 radical (unpaired) electrons. The van der Waals surface area contributed by atoms with Gasteiger partial charge in [-0.25, -0.2) is 14.4 Å². The van der Waals surface area contributed by atoms with Crippen LogP contribution >= 0.6 is 11.3 Å². The predicted octanol–water partition coefficient (Wildman–Crippen LogP) is 5.78. The number of rotatable bonds is 6. The van der Waals surface area contributed by atoms with Gasteiger partial charge in [0.05, 0.1) is 42.1 Å². The number of thiophene rings is 1. The number of amides is 1. The molecule has 2 fully saturated rings. The normalized spacial score (nSPS) is 22.9. The van der Waals surface area contributed by atoms with Gasteiger partial charge in [-0.15, -0.1) is 11.3 Å². The number of hydrogen-bond donors (Lipinski definition) is 1. The van der Waals surface area contributed by atoms with E-state index in [0.717, 1.165) is 74.6 Å². The summed E-state index contributed by atoms with van der Waals surface area (Å²) in [6.07, 6.45) is 8.94. The third kappa shape index (κ3) is 5.96. The number of carbonyl (C=O) groups excluding carboxylic acids is 1. The van der Waals surface area contributed by atoms with Gasteiger partial charge in [0, 0.05) is 36.3 Å². The predicted molar refractivity (Wildman–Crippen MR) is 188 cm³/mol. The number of aromatic nitrogens is 1. The van der Waals surface area contributed by atoms with Crippen molar-refractivity contribution in [3.63, 3.8) is 0 Å². The number of likely N-dealkylation sites (N-methyl/N-ethyl adjacent to an activating group) is 1. The lowest BCUT2D eigenvalue weighted by Crippen LogP contribution is -2.51.